The molecule has 1 fully saturated rings. The molecule has 1 aromatic rings. The van der Waals surface area contributed by atoms with Crippen molar-refractivity contribution >= 4 is 17.7 Å². The molecule has 1 saturated heterocycles. The molecule has 2 heterocycles. The molecule has 23 heavy (non-hydrogen) atoms. The maximum absolute atomic E-state index is 12.3. The number of imide groups is 1. The summed E-state index contributed by atoms with van der Waals surface area (Å²) < 4.78 is 0. The van der Waals surface area contributed by atoms with Gasteiger partial charge < -0.3 is 5.32 Å². The van der Waals surface area contributed by atoms with Gasteiger partial charge in [0.25, 0.3) is 0 Å². The van der Waals surface area contributed by atoms with Crippen molar-refractivity contribution in [2.24, 2.45) is 11.8 Å². The molecule has 6 nitrogen and oxygen atoms in total. The normalized spacial score (nSPS) is 23.0. The second-order valence-corrected chi connectivity index (χ2v) is 5.87. The summed E-state index contributed by atoms with van der Waals surface area (Å²) >= 11 is 0. The Morgan fingerprint density at radius 1 is 1.13 bits per heavy atom. The monoisotopic (exact) mass is 313 g/mol. The SMILES string of the molecule is O=C(CCN1C(=O)[C@H]2CC=CC[C@H]2C1=O)NCc1ccncc1. The fourth-order valence-corrected chi connectivity index (χ4v) is 3.09. The summed E-state index contributed by atoms with van der Waals surface area (Å²) in [7, 11) is 0. The van der Waals surface area contributed by atoms with Gasteiger partial charge in [0.2, 0.25) is 17.7 Å². The average molecular weight is 313 g/mol. The van der Waals surface area contributed by atoms with Crippen LogP contribution < -0.4 is 5.32 Å². The van der Waals surface area contributed by atoms with Gasteiger partial charge in [-0.1, -0.05) is 12.2 Å². The van der Waals surface area contributed by atoms with E-state index in [1.807, 2.05) is 24.3 Å². The number of nitrogens with zero attached hydrogens (tertiary/aromatic N) is 2. The van der Waals surface area contributed by atoms with E-state index in [4.69, 9.17) is 0 Å². The minimum atomic E-state index is -0.229. The van der Waals surface area contributed by atoms with Gasteiger partial charge in [-0.15, -0.1) is 0 Å². The minimum Gasteiger partial charge on any atom is -0.352 e. The molecule has 3 rings (SSSR count). The smallest absolute Gasteiger partial charge is 0.233 e. The van der Waals surface area contributed by atoms with Crippen LogP contribution in [0.15, 0.2) is 36.7 Å². The third kappa shape index (κ3) is 3.31. The fourth-order valence-electron chi connectivity index (χ4n) is 3.09. The van der Waals surface area contributed by atoms with E-state index in [1.165, 1.54) is 4.90 Å². The van der Waals surface area contributed by atoms with Crippen molar-refractivity contribution in [3.8, 4) is 0 Å². The maximum atomic E-state index is 12.3. The Kier molecular flexibility index (Phi) is 4.50. The number of pyridine rings is 1. The topological polar surface area (TPSA) is 79.4 Å². The van der Waals surface area contributed by atoms with Crippen LogP contribution in [0.2, 0.25) is 0 Å². The van der Waals surface area contributed by atoms with Crippen molar-refractivity contribution in [3.05, 3.63) is 42.2 Å². The first-order chi connectivity index (χ1) is 11.2. The van der Waals surface area contributed by atoms with Crippen molar-refractivity contribution < 1.29 is 14.4 Å². The highest BCUT2D eigenvalue weighted by molar-refractivity contribution is 6.05. The second-order valence-electron chi connectivity index (χ2n) is 5.87. The lowest BCUT2D eigenvalue weighted by Crippen LogP contribution is -2.35. The average Bonchev–Trinajstić information content (AvgIpc) is 2.83. The molecule has 1 aromatic heterocycles. The summed E-state index contributed by atoms with van der Waals surface area (Å²) in [5.74, 6) is -0.896. The molecule has 120 valence electrons. The van der Waals surface area contributed by atoms with E-state index in [9.17, 15) is 14.4 Å². The molecule has 2 atom stereocenters. The highest BCUT2D eigenvalue weighted by Crippen LogP contribution is 2.34. The fraction of sp³-hybridized carbons (Fsp3) is 0.412. The second kappa shape index (κ2) is 6.73. The third-order valence-electron chi connectivity index (χ3n) is 4.40. The number of rotatable bonds is 5. The van der Waals surface area contributed by atoms with Crippen molar-refractivity contribution in [1.29, 1.82) is 0 Å². The summed E-state index contributed by atoms with van der Waals surface area (Å²) in [6.07, 6.45) is 8.63. The lowest BCUT2D eigenvalue weighted by atomic mass is 9.85. The van der Waals surface area contributed by atoms with Crippen LogP contribution in [0.3, 0.4) is 0 Å². The molecule has 0 saturated carbocycles. The number of amides is 3. The number of hydrogen-bond acceptors (Lipinski definition) is 4. The van der Waals surface area contributed by atoms with Gasteiger partial charge in [-0.2, -0.15) is 0 Å². The van der Waals surface area contributed by atoms with Gasteiger partial charge in [-0.25, -0.2) is 0 Å². The summed E-state index contributed by atoms with van der Waals surface area (Å²) in [5.41, 5.74) is 0.957. The number of aromatic nitrogens is 1. The largest absolute Gasteiger partial charge is 0.352 e. The molecule has 0 aromatic carbocycles. The highest BCUT2D eigenvalue weighted by Gasteiger charge is 2.46. The first-order valence-electron chi connectivity index (χ1n) is 7.82. The number of likely N-dealkylation sites (tertiary alicyclic amines) is 1. The maximum Gasteiger partial charge on any atom is 0.233 e. The van der Waals surface area contributed by atoms with Gasteiger partial charge in [-0.3, -0.25) is 24.3 Å². The zero-order valence-electron chi connectivity index (χ0n) is 12.8. The van der Waals surface area contributed by atoms with Gasteiger partial charge in [0.1, 0.15) is 0 Å². The third-order valence-corrected chi connectivity index (χ3v) is 4.40. The molecule has 0 unspecified atom stereocenters. The van der Waals surface area contributed by atoms with Crippen molar-refractivity contribution in [2.75, 3.05) is 6.54 Å². The molecular weight excluding hydrogens is 294 g/mol. The van der Waals surface area contributed by atoms with Crippen LogP contribution in [0.25, 0.3) is 0 Å². The molecular formula is C17H19N3O3. The number of fused-ring (bicyclic) bond motifs is 1. The molecule has 1 N–H and O–H groups in total. The van der Waals surface area contributed by atoms with Crippen LogP contribution in [-0.2, 0) is 20.9 Å². The summed E-state index contributed by atoms with van der Waals surface area (Å²) in [4.78, 5) is 41.6. The van der Waals surface area contributed by atoms with Gasteiger partial charge in [0.15, 0.2) is 0 Å². The zero-order valence-corrected chi connectivity index (χ0v) is 12.8. The molecule has 3 amide bonds. The van der Waals surface area contributed by atoms with Crippen LogP contribution in [0.1, 0.15) is 24.8 Å². The number of allylic oxidation sites excluding steroid dienone is 2. The van der Waals surface area contributed by atoms with Crippen LogP contribution in [0.4, 0.5) is 0 Å². The van der Waals surface area contributed by atoms with Crippen LogP contribution in [0.5, 0.6) is 0 Å². The summed E-state index contributed by atoms with van der Waals surface area (Å²) in [6, 6.07) is 3.65. The van der Waals surface area contributed by atoms with E-state index in [1.54, 1.807) is 12.4 Å². The highest BCUT2D eigenvalue weighted by atomic mass is 16.2. The van der Waals surface area contributed by atoms with Crippen molar-refractivity contribution in [1.82, 2.24) is 15.2 Å². The Balaban J connectivity index is 1.49. The zero-order chi connectivity index (χ0) is 16.2. The number of hydrogen-bond donors (Lipinski definition) is 1. The predicted octanol–water partition coefficient (Wildman–Crippen LogP) is 1.04. The molecule has 6 heteroatoms. The Bertz CT molecular complexity index is 616. The van der Waals surface area contributed by atoms with E-state index >= 15 is 0 Å². The van der Waals surface area contributed by atoms with Gasteiger partial charge in [-0.05, 0) is 30.5 Å². The van der Waals surface area contributed by atoms with Gasteiger partial charge >= 0.3 is 0 Å². The van der Waals surface area contributed by atoms with Crippen LogP contribution in [0, 0.1) is 11.8 Å². The minimum absolute atomic E-state index is 0.133. The van der Waals surface area contributed by atoms with E-state index in [-0.39, 0.29) is 42.5 Å². The quantitative estimate of drug-likeness (QED) is 0.651. The van der Waals surface area contributed by atoms with E-state index in [0.29, 0.717) is 19.4 Å². The predicted molar refractivity (Wildman–Crippen MR) is 82.8 cm³/mol. The Hall–Kier alpha value is -2.50. The lowest BCUT2D eigenvalue weighted by molar-refractivity contribution is -0.140. The molecule has 1 aliphatic carbocycles. The number of carbonyl (C=O) groups excluding carboxylic acids is 3. The molecule has 2 aliphatic rings. The molecule has 0 spiro atoms. The van der Waals surface area contributed by atoms with Gasteiger partial charge in [0.05, 0.1) is 11.8 Å². The Morgan fingerprint density at radius 3 is 2.35 bits per heavy atom. The molecule has 1 aliphatic heterocycles. The number of nitrogens with one attached hydrogen (secondary N) is 1. The van der Waals surface area contributed by atoms with Crippen molar-refractivity contribution in [3.63, 3.8) is 0 Å². The summed E-state index contributed by atoms with van der Waals surface area (Å²) in [5, 5.41) is 2.79. The lowest BCUT2D eigenvalue weighted by Gasteiger charge is -2.14. The summed E-state index contributed by atoms with van der Waals surface area (Å²) in [6.45, 7) is 0.575. The van der Waals surface area contributed by atoms with E-state index in [2.05, 4.69) is 10.3 Å². The van der Waals surface area contributed by atoms with Crippen molar-refractivity contribution in [2.45, 2.75) is 25.8 Å². The van der Waals surface area contributed by atoms with Crippen LogP contribution >= 0.6 is 0 Å². The van der Waals surface area contributed by atoms with E-state index < -0.39 is 0 Å². The molecule has 0 radical (unpaired) electrons. The van der Waals surface area contributed by atoms with E-state index in [0.717, 1.165) is 5.56 Å². The first-order valence-corrected chi connectivity index (χ1v) is 7.82. The molecule has 0 bridgehead atoms. The number of carbonyl (C=O) groups is 3. The Morgan fingerprint density at radius 2 is 1.74 bits per heavy atom. The Labute approximate surface area is 134 Å². The van der Waals surface area contributed by atoms with Gasteiger partial charge in [0, 0.05) is 31.9 Å². The first kappa shape index (κ1) is 15.4. The standard InChI is InChI=1S/C17H19N3O3/c21-15(19-11-12-5-8-18-9-6-12)7-10-20-16(22)13-3-1-2-4-14(13)17(20)23/h1-2,5-6,8-9,13-14H,3-4,7,10-11H2,(H,19,21)/t13-,14+. The van der Waals surface area contributed by atoms with Crippen LogP contribution in [-0.4, -0.2) is 34.2 Å².